The van der Waals surface area contributed by atoms with Crippen molar-refractivity contribution in [1.29, 1.82) is 0 Å². The van der Waals surface area contributed by atoms with Crippen LogP contribution in [0.1, 0.15) is 6.92 Å². The van der Waals surface area contributed by atoms with Gasteiger partial charge in [-0.25, -0.2) is 0 Å². The maximum Gasteiger partial charge on any atom is 0.325 e. The van der Waals surface area contributed by atoms with Crippen molar-refractivity contribution in [3.8, 4) is 0 Å². The Morgan fingerprint density at radius 3 is 2.45 bits per heavy atom. The number of rotatable bonds is 4. The van der Waals surface area contributed by atoms with Crippen molar-refractivity contribution in [2.45, 2.75) is 12.6 Å². The van der Waals surface area contributed by atoms with Crippen LogP contribution in [0.15, 0.2) is 12.8 Å². The Bertz CT molecular complexity index is 177. The minimum Gasteiger partial charge on any atom is -0.434 e. The van der Waals surface area contributed by atoms with Gasteiger partial charge >= 0.3 is 5.97 Å². The molecule has 11 heavy (non-hydrogen) atoms. The predicted molar refractivity (Wildman–Crippen MR) is 45.0 cm³/mol. The molecule has 2 atom stereocenters. The number of ketones is 1. The average Bonchev–Trinajstić information content (AvgIpc) is 1.88. The molecule has 0 saturated heterocycles. The maximum atomic E-state index is 10.9. The average molecular weight is 174 g/mol. The second kappa shape index (κ2) is 5.03. The summed E-state index contributed by atoms with van der Waals surface area (Å²) in [5.41, 5.74) is -0.604. The van der Waals surface area contributed by atoms with Gasteiger partial charge in [-0.15, -0.1) is 8.58 Å². The number of esters is 1. The molecule has 2 unspecified atom stereocenters. The number of Topliss-reactive ketones (excluding diaryl/α,β-unsaturated/α-hetero) is 1. The van der Waals surface area contributed by atoms with Gasteiger partial charge in [-0.1, -0.05) is 6.58 Å². The number of carbonyl (C=O) groups is 2. The van der Waals surface area contributed by atoms with Crippen LogP contribution in [0.4, 0.5) is 0 Å². The summed E-state index contributed by atoms with van der Waals surface area (Å²) in [6.07, 6.45) is 1.04. The Kier molecular flexibility index (Phi) is 4.71. The molecule has 0 saturated carbocycles. The van der Waals surface area contributed by atoms with Gasteiger partial charge in [0.1, 0.15) is 11.4 Å². The number of hydrogen-bond donors (Lipinski definition) is 0. The lowest BCUT2D eigenvalue weighted by Gasteiger charge is -2.06. The molecule has 62 valence electrons. The van der Waals surface area contributed by atoms with Crippen LogP contribution in [0, 0.1) is 0 Å². The normalized spacial score (nSPS) is 12.9. The molecule has 0 aromatic heterocycles. The molecule has 0 radical (unpaired) electrons. The van der Waals surface area contributed by atoms with Crippen LogP contribution in [-0.2, 0) is 14.3 Å². The quantitative estimate of drug-likeness (QED) is 0.275. The highest BCUT2D eigenvalue weighted by Crippen LogP contribution is 2.16. The van der Waals surface area contributed by atoms with Crippen molar-refractivity contribution in [3.05, 3.63) is 12.8 Å². The van der Waals surface area contributed by atoms with Crippen molar-refractivity contribution in [3.63, 3.8) is 0 Å². The highest BCUT2D eigenvalue weighted by Gasteiger charge is 2.21. The third-order valence-electron chi connectivity index (χ3n) is 1.13. The fourth-order valence-electron chi connectivity index (χ4n) is 0.637. The molecular formula is C7H11O3P. The summed E-state index contributed by atoms with van der Waals surface area (Å²) in [6.45, 7) is 6.39. The van der Waals surface area contributed by atoms with E-state index in [9.17, 15) is 9.59 Å². The third kappa shape index (κ3) is 3.28. The highest BCUT2D eigenvalue weighted by atomic mass is 31.1. The number of ether oxygens (including phenoxy) is 1. The Morgan fingerprint density at radius 1 is 1.64 bits per heavy atom. The molecule has 0 bridgehead atoms. The number of hydrogen-bond acceptors (Lipinski definition) is 3. The lowest BCUT2D eigenvalue weighted by molar-refractivity contribution is -0.139. The van der Waals surface area contributed by atoms with E-state index in [1.165, 1.54) is 6.92 Å². The first-order chi connectivity index (χ1) is 5.13. The third-order valence-corrected chi connectivity index (χ3v) is 2.35. The van der Waals surface area contributed by atoms with Gasteiger partial charge in [-0.2, -0.15) is 0 Å². The SMILES string of the molecule is C=COC(=O)C(PC)C(C)=O. The molecule has 0 aliphatic heterocycles. The van der Waals surface area contributed by atoms with Crippen LogP contribution < -0.4 is 0 Å². The molecule has 0 aromatic carbocycles. The molecule has 3 nitrogen and oxygen atoms in total. The van der Waals surface area contributed by atoms with E-state index in [0.717, 1.165) is 6.26 Å². The van der Waals surface area contributed by atoms with Crippen LogP contribution in [0.2, 0.25) is 0 Å². The van der Waals surface area contributed by atoms with Gasteiger partial charge in [-0.3, -0.25) is 9.59 Å². The Labute approximate surface area is 67.6 Å². The van der Waals surface area contributed by atoms with E-state index in [2.05, 4.69) is 11.3 Å². The Hall–Kier alpha value is -0.690. The number of carbonyl (C=O) groups excluding carboxylic acids is 2. The van der Waals surface area contributed by atoms with Crippen LogP contribution in [0.3, 0.4) is 0 Å². The summed E-state index contributed by atoms with van der Waals surface area (Å²) in [7, 11) is 0.248. The van der Waals surface area contributed by atoms with Crippen molar-refractivity contribution in [1.82, 2.24) is 0 Å². The lowest BCUT2D eigenvalue weighted by atomic mass is 10.3. The van der Waals surface area contributed by atoms with E-state index in [4.69, 9.17) is 0 Å². The topological polar surface area (TPSA) is 43.4 Å². The first-order valence-corrected chi connectivity index (χ1v) is 4.70. The van der Waals surface area contributed by atoms with Gasteiger partial charge in [0.05, 0.1) is 6.26 Å². The van der Waals surface area contributed by atoms with Crippen LogP contribution in [0.5, 0.6) is 0 Å². The fraction of sp³-hybridized carbons (Fsp3) is 0.429. The smallest absolute Gasteiger partial charge is 0.325 e. The zero-order valence-electron chi connectivity index (χ0n) is 6.59. The monoisotopic (exact) mass is 174 g/mol. The minimum absolute atomic E-state index is 0.155. The second-order valence-electron chi connectivity index (χ2n) is 1.94. The van der Waals surface area contributed by atoms with Crippen LogP contribution >= 0.6 is 8.58 Å². The van der Waals surface area contributed by atoms with E-state index in [1.807, 2.05) is 0 Å². The first kappa shape index (κ1) is 10.3. The molecule has 0 aliphatic rings. The van der Waals surface area contributed by atoms with E-state index >= 15 is 0 Å². The molecule has 0 spiro atoms. The molecule has 4 heteroatoms. The van der Waals surface area contributed by atoms with Gasteiger partial charge < -0.3 is 4.74 Å². The van der Waals surface area contributed by atoms with Crippen LogP contribution in [-0.4, -0.2) is 24.1 Å². The van der Waals surface area contributed by atoms with Crippen molar-refractivity contribution < 1.29 is 14.3 Å². The molecule has 0 heterocycles. The van der Waals surface area contributed by atoms with Crippen LogP contribution in [0.25, 0.3) is 0 Å². The Balaban J connectivity index is 4.13. The largest absolute Gasteiger partial charge is 0.434 e. The summed E-state index contributed by atoms with van der Waals surface area (Å²) in [5, 5.41) is 0. The van der Waals surface area contributed by atoms with E-state index in [1.54, 1.807) is 6.66 Å². The standard InChI is InChI=1S/C7H11O3P/c1-4-10-7(9)6(11-3)5(2)8/h4,6,11H,1H2,2-3H3. The zero-order valence-corrected chi connectivity index (χ0v) is 7.59. The second-order valence-corrected chi connectivity index (χ2v) is 3.09. The molecule has 0 amide bonds. The van der Waals surface area contributed by atoms with Crippen molar-refractivity contribution in [2.24, 2.45) is 0 Å². The van der Waals surface area contributed by atoms with Gasteiger partial charge in [-0.05, 0) is 13.6 Å². The molecular weight excluding hydrogens is 163 g/mol. The minimum atomic E-state index is -0.604. The van der Waals surface area contributed by atoms with E-state index < -0.39 is 11.6 Å². The predicted octanol–water partition coefficient (Wildman–Crippen LogP) is 0.939. The summed E-state index contributed by atoms with van der Waals surface area (Å²) >= 11 is 0. The van der Waals surface area contributed by atoms with E-state index in [0.29, 0.717) is 0 Å². The fourth-order valence-corrected chi connectivity index (χ4v) is 1.35. The molecule has 0 fully saturated rings. The van der Waals surface area contributed by atoms with Gasteiger partial charge in [0.2, 0.25) is 0 Å². The summed E-state index contributed by atoms with van der Waals surface area (Å²) in [5.74, 6) is -0.661. The van der Waals surface area contributed by atoms with E-state index in [-0.39, 0.29) is 14.4 Å². The van der Waals surface area contributed by atoms with Crippen molar-refractivity contribution >= 4 is 20.3 Å². The summed E-state index contributed by atoms with van der Waals surface area (Å²) in [4.78, 5) is 21.7. The molecule has 0 aliphatic carbocycles. The summed E-state index contributed by atoms with van der Waals surface area (Å²) in [6, 6.07) is 0. The molecule has 0 rings (SSSR count). The van der Waals surface area contributed by atoms with Gasteiger partial charge in [0.25, 0.3) is 0 Å². The highest BCUT2D eigenvalue weighted by molar-refractivity contribution is 7.40. The molecule has 0 N–H and O–H groups in total. The van der Waals surface area contributed by atoms with Crippen molar-refractivity contribution in [2.75, 3.05) is 6.66 Å². The molecule has 0 aromatic rings. The Morgan fingerprint density at radius 2 is 2.18 bits per heavy atom. The van der Waals surface area contributed by atoms with Gasteiger partial charge in [0.15, 0.2) is 0 Å². The zero-order chi connectivity index (χ0) is 8.85. The summed E-state index contributed by atoms with van der Waals surface area (Å²) < 4.78 is 4.47. The lowest BCUT2D eigenvalue weighted by Crippen LogP contribution is -2.24. The van der Waals surface area contributed by atoms with Gasteiger partial charge in [0, 0.05) is 0 Å². The maximum absolute atomic E-state index is 10.9. The first-order valence-electron chi connectivity index (χ1n) is 3.12.